The zero-order chi connectivity index (χ0) is 22.7. The van der Waals surface area contributed by atoms with Crippen molar-refractivity contribution in [2.45, 2.75) is 57.0 Å². The fraction of sp³-hybridized carbons (Fsp3) is 0.458. The van der Waals surface area contributed by atoms with E-state index in [9.17, 15) is 4.79 Å². The molecule has 3 aromatic heterocycles. The first-order chi connectivity index (χ1) is 16.1. The van der Waals surface area contributed by atoms with Crippen LogP contribution in [0.3, 0.4) is 0 Å². The highest BCUT2D eigenvalue weighted by Gasteiger charge is 2.40. The zero-order valence-electron chi connectivity index (χ0n) is 18.8. The van der Waals surface area contributed by atoms with E-state index in [-0.39, 0.29) is 17.4 Å². The molecule has 1 saturated heterocycles. The molecule has 0 radical (unpaired) electrons. The average molecular weight is 464 g/mol. The van der Waals surface area contributed by atoms with Gasteiger partial charge in [0.2, 0.25) is 5.91 Å². The van der Waals surface area contributed by atoms with E-state index in [1.165, 1.54) is 29.0 Å². The molecule has 2 fully saturated rings. The molecule has 8 nitrogen and oxygen atoms in total. The maximum Gasteiger partial charge on any atom is 0.237 e. The molecule has 0 bridgehead atoms. The predicted molar refractivity (Wildman–Crippen MR) is 129 cm³/mol. The number of nitrogens with zero attached hydrogens (tertiary/aromatic N) is 4. The normalized spacial score (nSPS) is 19.1. The van der Waals surface area contributed by atoms with Crippen LogP contribution in [0, 0.1) is 6.92 Å². The lowest BCUT2D eigenvalue weighted by atomic mass is 9.65. The predicted octanol–water partition coefficient (Wildman–Crippen LogP) is 3.21. The van der Waals surface area contributed by atoms with Crippen LogP contribution in [0.2, 0.25) is 0 Å². The fourth-order valence-electron chi connectivity index (χ4n) is 4.66. The van der Waals surface area contributed by atoms with Crippen LogP contribution >= 0.6 is 11.3 Å². The van der Waals surface area contributed by atoms with Crippen LogP contribution in [0.25, 0.3) is 10.7 Å². The lowest BCUT2D eigenvalue weighted by Crippen LogP contribution is -2.42. The number of rotatable bonds is 8. The van der Waals surface area contributed by atoms with E-state index in [1.807, 2.05) is 24.4 Å². The number of carbonyl (C=O) groups is 1. The zero-order valence-corrected chi connectivity index (χ0v) is 19.6. The Labute approximate surface area is 197 Å². The van der Waals surface area contributed by atoms with Gasteiger partial charge < -0.3 is 16.0 Å². The van der Waals surface area contributed by atoms with Gasteiger partial charge in [-0.25, -0.2) is 4.98 Å². The smallest absolute Gasteiger partial charge is 0.237 e. The van der Waals surface area contributed by atoms with Crippen LogP contribution in [0.15, 0.2) is 36.7 Å². The minimum absolute atomic E-state index is 0.0581. The highest BCUT2D eigenvalue weighted by Crippen LogP contribution is 2.44. The fourth-order valence-corrected chi connectivity index (χ4v) is 5.47. The summed E-state index contributed by atoms with van der Waals surface area (Å²) >= 11 is 1.53. The van der Waals surface area contributed by atoms with Gasteiger partial charge in [0.15, 0.2) is 0 Å². The molecule has 3 N–H and O–H groups in total. The van der Waals surface area contributed by atoms with Gasteiger partial charge in [0.1, 0.15) is 16.5 Å². The summed E-state index contributed by atoms with van der Waals surface area (Å²) in [4.78, 5) is 22.3. The largest absolute Gasteiger partial charge is 0.368 e. The molecule has 1 unspecified atom stereocenters. The molecular weight excluding hydrogens is 434 g/mol. The monoisotopic (exact) mass is 463 g/mol. The maximum absolute atomic E-state index is 12.2. The van der Waals surface area contributed by atoms with Gasteiger partial charge in [-0.15, -0.1) is 21.5 Å². The van der Waals surface area contributed by atoms with Crippen molar-refractivity contribution >= 4 is 23.1 Å². The van der Waals surface area contributed by atoms with E-state index >= 15 is 0 Å². The van der Waals surface area contributed by atoms with E-state index in [2.05, 4.69) is 49.1 Å². The van der Waals surface area contributed by atoms with Crippen LogP contribution in [-0.2, 0) is 16.8 Å². The third-order valence-electron chi connectivity index (χ3n) is 6.68. The van der Waals surface area contributed by atoms with Crippen molar-refractivity contribution in [3.8, 4) is 10.7 Å². The van der Waals surface area contributed by atoms with Crippen molar-refractivity contribution in [3.05, 3.63) is 52.8 Å². The Balaban J connectivity index is 1.18. The lowest BCUT2D eigenvalue weighted by molar-refractivity contribution is -0.122. The number of hydrogen-bond acceptors (Lipinski definition) is 8. The SMILES string of the molecule is Cc1cccnc1C1(CNc2ccc(-c3ncc(CNC(=O)C4CCCN4)s3)nn2)CCC1. The summed E-state index contributed by atoms with van der Waals surface area (Å²) in [6.07, 6.45) is 9.14. The molecule has 2 aliphatic rings. The van der Waals surface area contributed by atoms with Gasteiger partial charge >= 0.3 is 0 Å². The summed E-state index contributed by atoms with van der Waals surface area (Å²) in [5.74, 6) is 0.814. The summed E-state index contributed by atoms with van der Waals surface area (Å²) in [6, 6.07) is 7.96. The molecule has 9 heteroatoms. The van der Waals surface area contributed by atoms with Crippen molar-refractivity contribution in [2.75, 3.05) is 18.4 Å². The van der Waals surface area contributed by atoms with Crippen molar-refractivity contribution in [1.29, 1.82) is 0 Å². The first-order valence-corrected chi connectivity index (χ1v) is 12.4. The maximum atomic E-state index is 12.2. The van der Waals surface area contributed by atoms with Crippen LogP contribution in [0.1, 0.15) is 48.2 Å². The molecule has 1 atom stereocenters. The van der Waals surface area contributed by atoms with Crippen LogP contribution in [-0.4, -0.2) is 45.2 Å². The first kappa shape index (κ1) is 21.9. The summed E-state index contributed by atoms with van der Waals surface area (Å²) < 4.78 is 0. The number of aryl methyl sites for hydroxylation is 1. The Kier molecular flexibility index (Phi) is 6.32. The molecule has 0 aromatic carbocycles. The van der Waals surface area contributed by atoms with Gasteiger partial charge in [-0.05, 0) is 62.9 Å². The number of amides is 1. The number of hydrogen-bond donors (Lipinski definition) is 3. The second-order valence-electron chi connectivity index (χ2n) is 8.96. The lowest BCUT2D eigenvalue weighted by Gasteiger charge is -2.42. The molecule has 1 saturated carbocycles. The number of thiazole rings is 1. The van der Waals surface area contributed by atoms with Crippen molar-refractivity contribution in [1.82, 2.24) is 30.8 Å². The number of nitrogens with one attached hydrogen (secondary N) is 3. The highest BCUT2D eigenvalue weighted by molar-refractivity contribution is 7.15. The highest BCUT2D eigenvalue weighted by atomic mass is 32.1. The number of aromatic nitrogens is 4. The summed E-state index contributed by atoms with van der Waals surface area (Å²) in [6.45, 7) is 4.33. The first-order valence-electron chi connectivity index (χ1n) is 11.6. The van der Waals surface area contributed by atoms with E-state index in [4.69, 9.17) is 0 Å². The molecule has 1 amide bonds. The number of carbonyl (C=O) groups excluding carboxylic acids is 1. The van der Waals surface area contributed by atoms with E-state index in [1.54, 1.807) is 6.20 Å². The summed E-state index contributed by atoms with van der Waals surface area (Å²) in [7, 11) is 0. The standard InChI is InChI=1S/C24H29N7OS/c1-16-5-2-12-26-21(16)24(9-4-10-24)15-29-20-8-7-19(30-31-20)23-28-14-17(33-23)13-27-22(32)18-6-3-11-25-18/h2,5,7-8,12,14,18,25H,3-4,6,9-11,13,15H2,1H3,(H,27,32)(H,29,31). The Morgan fingerprint density at radius 2 is 2.12 bits per heavy atom. The minimum atomic E-state index is -0.0658. The van der Waals surface area contributed by atoms with E-state index in [0.717, 1.165) is 60.2 Å². The van der Waals surface area contributed by atoms with Crippen LogP contribution in [0.5, 0.6) is 0 Å². The summed E-state index contributed by atoms with van der Waals surface area (Å²) in [5, 5.41) is 19.2. The third-order valence-corrected chi connectivity index (χ3v) is 7.70. The molecule has 3 aromatic rings. The Bertz CT molecular complexity index is 1100. The molecule has 4 heterocycles. The van der Waals surface area contributed by atoms with Gasteiger partial charge in [0, 0.05) is 29.2 Å². The summed E-state index contributed by atoms with van der Waals surface area (Å²) in [5.41, 5.74) is 3.25. The van der Waals surface area contributed by atoms with Gasteiger partial charge in [-0.1, -0.05) is 12.5 Å². The molecule has 5 rings (SSSR count). The van der Waals surface area contributed by atoms with E-state index < -0.39 is 0 Å². The van der Waals surface area contributed by atoms with Gasteiger partial charge in [-0.2, -0.15) is 0 Å². The van der Waals surface area contributed by atoms with Crippen molar-refractivity contribution in [2.24, 2.45) is 0 Å². The molecule has 1 aliphatic carbocycles. The Morgan fingerprint density at radius 1 is 1.21 bits per heavy atom. The van der Waals surface area contributed by atoms with Crippen molar-refractivity contribution in [3.63, 3.8) is 0 Å². The molecular formula is C24H29N7OS. The number of pyridine rings is 1. The second-order valence-corrected chi connectivity index (χ2v) is 10.1. The van der Waals surface area contributed by atoms with Gasteiger partial charge in [0.05, 0.1) is 18.3 Å². The Hall–Kier alpha value is -2.91. The number of anilines is 1. The van der Waals surface area contributed by atoms with Crippen LogP contribution in [0.4, 0.5) is 5.82 Å². The quantitative estimate of drug-likeness (QED) is 0.471. The molecule has 0 spiro atoms. The van der Waals surface area contributed by atoms with Gasteiger partial charge in [-0.3, -0.25) is 9.78 Å². The Morgan fingerprint density at radius 3 is 2.82 bits per heavy atom. The van der Waals surface area contributed by atoms with Crippen molar-refractivity contribution < 1.29 is 4.79 Å². The van der Waals surface area contributed by atoms with Gasteiger partial charge in [0.25, 0.3) is 0 Å². The minimum Gasteiger partial charge on any atom is -0.368 e. The third kappa shape index (κ3) is 4.74. The molecule has 172 valence electrons. The molecule has 33 heavy (non-hydrogen) atoms. The van der Waals surface area contributed by atoms with E-state index in [0.29, 0.717) is 6.54 Å². The second kappa shape index (κ2) is 9.52. The average Bonchev–Trinajstić information content (AvgIpc) is 3.51. The molecule has 1 aliphatic heterocycles. The van der Waals surface area contributed by atoms with Crippen LogP contribution < -0.4 is 16.0 Å². The topological polar surface area (TPSA) is 105 Å².